The van der Waals surface area contributed by atoms with Crippen LogP contribution in [-0.4, -0.2) is 44.9 Å². The van der Waals surface area contributed by atoms with Gasteiger partial charge in [-0.25, -0.2) is 0 Å². The molecule has 3 rings (SSSR count). The standard InChI is InChI=1S/C19H15ClN2O6/c20-13-6-4-11(5-7-13)17(24)15-16(21(8-9-23)19(26)18(15)25)12-2-1-3-14(10-12)22(27)28/h1-7,10,16,23-24H,8-9H2/b17-15+/t16-/m0/s1. The number of β-amino-alcohol motifs (C(OH)–C–C–N with tert-alkyl or cyclic N) is 1. The van der Waals surface area contributed by atoms with Gasteiger partial charge < -0.3 is 15.1 Å². The minimum atomic E-state index is -1.07. The summed E-state index contributed by atoms with van der Waals surface area (Å²) in [6, 6.07) is 10.4. The highest BCUT2D eigenvalue weighted by atomic mass is 35.5. The van der Waals surface area contributed by atoms with E-state index in [4.69, 9.17) is 11.6 Å². The number of likely N-dealkylation sites (tertiary alicyclic amines) is 1. The van der Waals surface area contributed by atoms with E-state index >= 15 is 0 Å². The summed E-state index contributed by atoms with van der Waals surface area (Å²) in [4.78, 5) is 36.7. The number of benzene rings is 2. The smallest absolute Gasteiger partial charge is 0.295 e. The molecule has 1 aliphatic heterocycles. The topological polar surface area (TPSA) is 121 Å². The van der Waals surface area contributed by atoms with Crippen LogP contribution in [0.5, 0.6) is 0 Å². The Labute approximate surface area is 164 Å². The van der Waals surface area contributed by atoms with Gasteiger partial charge in [-0.1, -0.05) is 23.7 Å². The molecule has 1 heterocycles. The van der Waals surface area contributed by atoms with E-state index in [1.807, 2.05) is 0 Å². The molecule has 1 aliphatic rings. The van der Waals surface area contributed by atoms with E-state index in [1.165, 1.54) is 48.5 Å². The third-order valence-electron chi connectivity index (χ3n) is 4.40. The molecule has 0 saturated carbocycles. The minimum Gasteiger partial charge on any atom is -0.507 e. The van der Waals surface area contributed by atoms with Gasteiger partial charge in [-0.2, -0.15) is 0 Å². The molecule has 1 amide bonds. The van der Waals surface area contributed by atoms with Crippen molar-refractivity contribution in [2.24, 2.45) is 0 Å². The Bertz CT molecular complexity index is 986. The predicted molar refractivity (Wildman–Crippen MR) is 101 cm³/mol. The lowest BCUT2D eigenvalue weighted by atomic mass is 9.95. The fourth-order valence-electron chi connectivity index (χ4n) is 3.14. The second kappa shape index (κ2) is 7.79. The van der Waals surface area contributed by atoms with Gasteiger partial charge in [0.05, 0.1) is 23.1 Å². The quantitative estimate of drug-likeness (QED) is 0.261. The number of halogens is 1. The fourth-order valence-corrected chi connectivity index (χ4v) is 3.26. The van der Waals surface area contributed by atoms with Crippen LogP contribution in [0.1, 0.15) is 17.2 Å². The highest BCUT2D eigenvalue weighted by molar-refractivity contribution is 6.46. The summed E-state index contributed by atoms with van der Waals surface area (Å²) in [7, 11) is 0. The molecule has 2 aromatic rings. The van der Waals surface area contributed by atoms with Crippen molar-refractivity contribution in [2.75, 3.05) is 13.2 Å². The number of nitrogens with zero attached hydrogens (tertiary/aromatic N) is 2. The number of carbonyl (C=O) groups excluding carboxylic acids is 2. The Morgan fingerprint density at radius 1 is 1.18 bits per heavy atom. The average molecular weight is 403 g/mol. The largest absolute Gasteiger partial charge is 0.507 e. The predicted octanol–water partition coefficient (Wildman–Crippen LogP) is 2.66. The monoisotopic (exact) mass is 402 g/mol. The van der Waals surface area contributed by atoms with Gasteiger partial charge in [-0.05, 0) is 29.8 Å². The molecule has 0 radical (unpaired) electrons. The molecule has 0 spiro atoms. The van der Waals surface area contributed by atoms with Crippen molar-refractivity contribution in [3.8, 4) is 0 Å². The third kappa shape index (κ3) is 3.47. The molecule has 144 valence electrons. The van der Waals surface area contributed by atoms with Gasteiger partial charge in [-0.15, -0.1) is 0 Å². The molecule has 0 aromatic heterocycles. The third-order valence-corrected chi connectivity index (χ3v) is 4.65. The minimum absolute atomic E-state index is 0.171. The zero-order chi connectivity index (χ0) is 20.4. The molecule has 0 bridgehead atoms. The zero-order valence-corrected chi connectivity index (χ0v) is 15.2. The number of nitro benzene ring substituents is 1. The molecular weight excluding hydrogens is 388 g/mol. The molecular formula is C19H15ClN2O6. The Balaban J connectivity index is 2.20. The molecule has 2 N–H and O–H groups in total. The summed E-state index contributed by atoms with van der Waals surface area (Å²) in [5.74, 6) is -2.26. The van der Waals surface area contributed by atoms with Crippen LogP contribution in [-0.2, 0) is 9.59 Å². The van der Waals surface area contributed by atoms with Gasteiger partial charge >= 0.3 is 0 Å². The second-order valence-corrected chi connectivity index (χ2v) is 6.51. The molecule has 9 heteroatoms. The van der Waals surface area contributed by atoms with Crippen molar-refractivity contribution in [3.05, 3.63) is 80.4 Å². The lowest BCUT2D eigenvalue weighted by Crippen LogP contribution is -2.32. The van der Waals surface area contributed by atoms with Crippen LogP contribution >= 0.6 is 11.6 Å². The summed E-state index contributed by atoms with van der Waals surface area (Å²) in [6.07, 6.45) is 0. The van der Waals surface area contributed by atoms with E-state index in [1.54, 1.807) is 0 Å². The molecule has 0 unspecified atom stereocenters. The SMILES string of the molecule is O=C1C(=O)N(CCO)[C@@H](c2cccc([N+](=O)[O-])c2)/C1=C(\O)c1ccc(Cl)cc1. The summed E-state index contributed by atoms with van der Waals surface area (Å²) in [5, 5.41) is 31.6. The van der Waals surface area contributed by atoms with Crippen molar-refractivity contribution in [2.45, 2.75) is 6.04 Å². The van der Waals surface area contributed by atoms with E-state index in [0.29, 0.717) is 5.02 Å². The number of amides is 1. The molecule has 1 fully saturated rings. The highest BCUT2D eigenvalue weighted by Gasteiger charge is 2.46. The molecule has 8 nitrogen and oxygen atoms in total. The zero-order valence-electron chi connectivity index (χ0n) is 14.4. The Hall–Kier alpha value is -3.23. The van der Waals surface area contributed by atoms with Gasteiger partial charge in [0.15, 0.2) is 0 Å². The number of aliphatic hydroxyl groups is 2. The first-order chi connectivity index (χ1) is 13.3. The fraction of sp³-hybridized carbons (Fsp3) is 0.158. The van der Waals surface area contributed by atoms with Gasteiger partial charge in [0.2, 0.25) is 0 Å². The number of hydrogen-bond donors (Lipinski definition) is 2. The van der Waals surface area contributed by atoms with Gasteiger partial charge in [0.25, 0.3) is 17.4 Å². The van der Waals surface area contributed by atoms with Gasteiger partial charge in [0, 0.05) is 29.3 Å². The number of carbonyl (C=O) groups is 2. The van der Waals surface area contributed by atoms with Crippen molar-refractivity contribution < 1.29 is 24.7 Å². The van der Waals surface area contributed by atoms with Crippen molar-refractivity contribution >= 4 is 34.7 Å². The highest BCUT2D eigenvalue weighted by Crippen LogP contribution is 2.40. The van der Waals surface area contributed by atoms with Crippen molar-refractivity contribution in [1.29, 1.82) is 0 Å². The summed E-state index contributed by atoms with van der Waals surface area (Å²) < 4.78 is 0. The first-order valence-electron chi connectivity index (χ1n) is 8.24. The van der Waals surface area contributed by atoms with Crippen LogP contribution < -0.4 is 0 Å². The molecule has 2 aromatic carbocycles. The number of non-ortho nitro benzene ring substituents is 1. The van der Waals surface area contributed by atoms with E-state index in [0.717, 1.165) is 4.90 Å². The molecule has 1 atom stereocenters. The van der Waals surface area contributed by atoms with Crippen LogP contribution in [0.25, 0.3) is 5.76 Å². The maximum atomic E-state index is 12.6. The van der Waals surface area contributed by atoms with E-state index in [9.17, 15) is 29.9 Å². The Morgan fingerprint density at radius 3 is 2.46 bits per heavy atom. The van der Waals surface area contributed by atoms with Crippen LogP contribution in [0.3, 0.4) is 0 Å². The number of aliphatic hydroxyl groups excluding tert-OH is 2. The Morgan fingerprint density at radius 2 is 1.86 bits per heavy atom. The van der Waals surface area contributed by atoms with Crippen molar-refractivity contribution in [1.82, 2.24) is 4.90 Å². The lowest BCUT2D eigenvalue weighted by molar-refractivity contribution is -0.384. The molecule has 0 aliphatic carbocycles. The van der Waals surface area contributed by atoms with Gasteiger partial charge in [-0.3, -0.25) is 19.7 Å². The summed E-state index contributed by atoms with van der Waals surface area (Å²) in [6.45, 7) is -0.589. The lowest BCUT2D eigenvalue weighted by Gasteiger charge is -2.24. The number of hydrogen-bond acceptors (Lipinski definition) is 6. The van der Waals surface area contributed by atoms with Crippen LogP contribution in [0.4, 0.5) is 5.69 Å². The maximum absolute atomic E-state index is 12.6. The number of nitro groups is 1. The average Bonchev–Trinajstić information content (AvgIpc) is 2.93. The van der Waals surface area contributed by atoms with Crippen molar-refractivity contribution in [3.63, 3.8) is 0 Å². The van der Waals surface area contributed by atoms with E-state index in [-0.39, 0.29) is 28.9 Å². The summed E-state index contributed by atoms with van der Waals surface area (Å²) >= 11 is 5.85. The van der Waals surface area contributed by atoms with Crippen LogP contribution in [0.2, 0.25) is 5.02 Å². The summed E-state index contributed by atoms with van der Waals surface area (Å²) in [5.41, 5.74) is 0.110. The molecule has 28 heavy (non-hydrogen) atoms. The Kier molecular flexibility index (Phi) is 5.43. The first kappa shape index (κ1) is 19.5. The second-order valence-electron chi connectivity index (χ2n) is 6.08. The van der Waals surface area contributed by atoms with E-state index < -0.39 is 35.0 Å². The van der Waals surface area contributed by atoms with Gasteiger partial charge in [0.1, 0.15) is 5.76 Å². The maximum Gasteiger partial charge on any atom is 0.295 e. The normalized spacial score (nSPS) is 18.5. The van der Waals surface area contributed by atoms with E-state index in [2.05, 4.69) is 0 Å². The number of rotatable bonds is 5. The van der Waals surface area contributed by atoms with Crippen LogP contribution in [0.15, 0.2) is 54.1 Å². The number of Topliss-reactive ketones (excluding diaryl/α,β-unsaturated/α-hetero) is 1. The first-order valence-corrected chi connectivity index (χ1v) is 8.62. The number of ketones is 1. The molecule has 1 saturated heterocycles. The van der Waals surface area contributed by atoms with Crippen LogP contribution in [0, 0.1) is 10.1 Å².